The molecule has 6 nitrogen and oxygen atoms in total. The van der Waals surface area contributed by atoms with Crippen molar-refractivity contribution in [2.75, 3.05) is 19.6 Å². The van der Waals surface area contributed by atoms with Gasteiger partial charge in [-0.05, 0) is 61.6 Å². The minimum absolute atomic E-state index is 0.0355. The van der Waals surface area contributed by atoms with Crippen LogP contribution in [0.2, 0.25) is 0 Å². The summed E-state index contributed by atoms with van der Waals surface area (Å²) in [6, 6.07) is 11.5. The zero-order valence-electron chi connectivity index (χ0n) is 16.6. The first-order chi connectivity index (χ1) is 14.6. The van der Waals surface area contributed by atoms with Crippen LogP contribution in [-0.2, 0) is 0 Å². The van der Waals surface area contributed by atoms with Gasteiger partial charge < -0.3 is 14.2 Å². The number of carbonyl (C=O) groups excluding carboxylic acids is 2. The number of pyridine rings is 1. The van der Waals surface area contributed by atoms with E-state index in [1.165, 1.54) is 24.3 Å². The maximum absolute atomic E-state index is 13.2. The summed E-state index contributed by atoms with van der Waals surface area (Å²) in [6.45, 7) is 1.93. The molecule has 2 atom stereocenters. The molecule has 3 aromatic rings. The van der Waals surface area contributed by atoms with Gasteiger partial charge in [-0.25, -0.2) is 9.37 Å². The van der Waals surface area contributed by atoms with Crippen LogP contribution in [0.1, 0.15) is 40.1 Å². The fourth-order valence-electron chi connectivity index (χ4n) is 4.80. The van der Waals surface area contributed by atoms with Crippen LogP contribution < -0.4 is 0 Å². The van der Waals surface area contributed by atoms with Gasteiger partial charge in [0.25, 0.3) is 11.8 Å². The van der Waals surface area contributed by atoms with Crippen LogP contribution in [-0.4, -0.2) is 56.7 Å². The van der Waals surface area contributed by atoms with Gasteiger partial charge in [0.2, 0.25) is 0 Å². The number of aromatic nitrogens is 2. The second-order valence-electron chi connectivity index (χ2n) is 8.11. The standard InChI is InChI=1S/C23H23FN4O2/c24-18-8-6-16(7-9-18)22(29)27-13-10-20-17(14-27)4-3-12-28(20)23(30)19-15-26-11-2-1-5-21(26)25-19/h1-2,5-9,11,15,17,20H,3-4,10,12-14H2/t17-,20+/m1/s1. The SMILES string of the molecule is O=C(c1ccc(F)cc1)N1CC[C@H]2[C@H](CCCN2C(=O)c2cn3ccccc3n2)C1. The van der Waals surface area contributed by atoms with Gasteiger partial charge in [0.1, 0.15) is 17.2 Å². The Kier molecular flexibility index (Phi) is 4.73. The molecule has 0 spiro atoms. The van der Waals surface area contributed by atoms with Crippen molar-refractivity contribution in [3.05, 3.63) is 71.9 Å². The van der Waals surface area contributed by atoms with Crippen LogP contribution in [0.15, 0.2) is 54.9 Å². The molecule has 0 N–H and O–H groups in total. The van der Waals surface area contributed by atoms with Crippen LogP contribution >= 0.6 is 0 Å². The van der Waals surface area contributed by atoms with Crippen LogP contribution in [0.4, 0.5) is 4.39 Å². The van der Waals surface area contributed by atoms with E-state index >= 15 is 0 Å². The Labute approximate surface area is 173 Å². The Bertz CT molecular complexity index is 1060. The van der Waals surface area contributed by atoms with E-state index in [0.717, 1.165) is 31.5 Å². The van der Waals surface area contributed by atoms with E-state index in [1.54, 1.807) is 6.20 Å². The van der Waals surface area contributed by atoms with Crippen LogP contribution in [0.3, 0.4) is 0 Å². The molecule has 0 unspecified atom stereocenters. The van der Waals surface area contributed by atoms with Gasteiger partial charge in [0.15, 0.2) is 0 Å². The highest BCUT2D eigenvalue weighted by Gasteiger charge is 2.40. The average molecular weight is 406 g/mol. The zero-order valence-corrected chi connectivity index (χ0v) is 16.6. The summed E-state index contributed by atoms with van der Waals surface area (Å²) >= 11 is 0. The molecule has 30 heavy (non-hydrogen) atoms. The van der Waals surface area contributed by atoms with Crippen molar-refractivity contribution in [1.29, 1.82) is 0 Å². The molecule has 2 fully saturated rings. The predicted octanol–water partition coefficient (Wildman–Crippen LogP) is 3.24. The number of amides is 2. The summed E-state index contributed by atoms with van der Waals surface area (Å²) in [5, 5.41) is 0. The number of hydrogen-bond acceptors (Lipinski definition) is 3. The zero-order chi connectivity index (χ0) is 20.7. The van der Waals surface area contributed by atoms with Gasteiger partial charge in [-0.2, -0.15) is 0 Å². The van der Waals surface area contributed by atoms with Gasteiger partial charge in [-0.15, -0.1) is 0 Å². The highest BCUT2D eigenvalue weighted by atomic mass is 19.1. The number of imidazole rings is 1. The Morgan fingerprint density at radius 1 is 1.00 bits per heavy atom. The number of likely N-dealkylation sites (tertiary alicyclic amines) is 2. The molecule has 0 bridgehead atoms. The lowest BCUT2D eigenvalue weighted by Gasteiger charge is -2.47. The summed E-state index contributed by atoms with van der Waals surface area (Å²) in [6.07, 6.45) is 6.33. The lowest BCUT2D eigenvalue weighted by atomic mass is 9.83. The minimum Gasteiger partial charge on any atom is -0.338 e. The molecule has 2 aliphatic rings. The first-order valence-corrected chi connectivity index (χ1v) is 10.4. The van der Waals surface area contributed by atoms with Gasteiger partial charge >= 0.3 is 0 Å². The average Bonchev–Trinajstić information content (AvgIpc) is 3.22. The van der Waals surface area contributed by atoms with E-state index in [-0.39, 0.29) is 29.6 Å². The lowest BCUT2D eigenvalue weighted by molar-refractivity contribution is 0.0194. The number of hydrogen-bond donors (Lipinski definition) is 0. The molecule has 0 radical (unpaired) electrons. The van der Waals surface area contributed by atoms with E-state index in [0.29, 0.717) is 24.3 Å². The number of carbonyl (C=O) groups is 2. The molecule has 7 heteroatoms. The van der Waals surface area contributed by atoms with E-state index in [4.69, 9.17) is 0 Å². The van der Waals surface area contributed by atoms with Crippen LogP contribution in [0.25, 0.3) is 5.65 Å². The molecule has 2 saturated heterocycles. The van der Waals surface area contributed by atoms with Crippen molar-refractivity contribution in [2.24, 2.45) is 5.92 Å². The van der Waals surface area contributed by atoms with Crippen LogP contribution in [0.5, 0.6) is 0 Å². The Morgan fingerprint density at radius 2 is 1.83 bits per heavy atom. The first kappa shape index (κ1) is 18.8. The summed E-state index contributed by atoms with van der Waals surface area (Å²) in [7, 11) is 0. The smallest absolute Gasteiger partial charge is 0.274 e. The van der Waals surface area contributed by atoms with Crippen molar-refractivity contribution in [3.63, 3.8) is 0 Å². The van der Waals surface area contributed by atoms with Gasteiger partial charge in [-0.1, -0.05) is 6.07 Å². The topological polar surface area (TPSA) is 57.9 Å². The van der Waals surface area contributed by atoms with Gasteiger partial charge in [0, 0.05) is 43.6 Å². The summed E-state index contributed by atoms with van der Waals surface area (Å²) in [4.78, 5) is 34.3. The van der Waals surface area contributed by atoms with Crippen molar-refractivity contribution in [1.82, 2.24) is 19.2 Å². The number of piperidine rings is 2. The minimum atomic E-state index is -0.348. The molecule has 2 aliphatic heterocycles. The molecule has 4 heterocycles. The highest BCUT2D eigenvalue weighted by Crippen LogP contribution is 2.32. The second kappa shape index (κ2) is 7.55. The van der Waals surface area contributed by atoms with E-state index < -0.39 is 0 Å². The molecule has 0 aliphatic carbocycles. The molecular weight excluding hydrogens is 383 g/mol. The molecule has 2 aromatic heterocycles. The highest BCUT2D eigenvalue weighted by molar-refractivity contribution is 5.95. The fourth-order valence-corrected chi connectivity index (χ4v) is 4.80. The predicted molar refractivity (Wildman–Crippen MR) is 110 cm³/mol. The number of rotatable bonds is 2. The largest absolute Gasteiger partial charge is 0.338 e. The molecule has 5 rings (SSSR count). The van der Waals surface area contributed by atoms with Crippen molar-refractivity contribution in [2.45, 2.75) is 25.3 Å². The summed E-state index contributed by atoms with van der Waals surface area (Å²) in [5.74, 6) is -0.208. The maximum atomic E-state index is 13.2. The van der Waals surface area contributed by atoms with Crippen molar-refractivity contribution < 1.29 is 14.0 Å². The van der Waals surface area contributed by atoms with Crippen molar-refractivity contribution in [3.8, 4) is 0 Å². The first-order valence-electron chi connectivity index (χ1n) is 10.4. The second-order valence-corrected chi connectivity index (χ2v) is 8.11. The molecule has 0 saturated carbocycles. The third-order valence-electron chi connectivity index (χ3n) is 6.29. The molecule has 1 aromatic carbocycles. The third kappa shape index (κ3) is 3.34. The number of halogens is 1. The van der Waals surface area contributed by atoms with Crippen molar-refractivity contribution >= 4 is 17.5 Å². The monoisotopic (exact) mass is 406 g/mol. The maximum Gasteiger partial charge on any atom is 0.274 e. The fraction of sp³-hybridized carbons (Fsp3) is 0.348. The number of benzene rings is 1. The normalized spacial score (nSPS) is 21.5. The molecule has 2 amide bonds. The van der Waals surface area contributed by atoms with E-state index in [2.05, 4.69) is 4.98 Å². The van der Waals surface area contributed by atoms with Gasteiger partial charge in [0.05, 0.1) is 0 Å². The van der Waals surface area contributed by atoms with E-state index in [9.17, 15) is 14.0 Å². The Balaban J connectivity index is 1.32. The quantitative estimate of drug-likeness (QED) is 0.657. The molecular formula is C23H23FN4O2. The molecule has 154 valence electrons. The lowest BCUT2D eigenvalue weighted by Crippen LogP contribution is -2.56. The summed E-state index contributed by atoms with van der Waals surface area (Å²) < 4.78 is 15.0. The van der Waals surface area contributed by atoms with Gasteiger partial charge in [-0.3, -0.25) is 9.59 Å². The third-order valence-corrected chi connectivity index (χ3v) is 6.29. The Hall–Kier alpha value is -3.22. The number of fused-ring (bicyclic) bond motifs is 2. The summed E-state index contributed by atoms with van der Waals surface area (Å²) in [5.41, 5.74) is 1.73. The Morgan fingerprint density at radius 3 is 2.63 bits per heavy atom. The number of nitrogens with zero attached hydrogens (tertiary/aromatic N) is 4. The van der Waals surface area contributed by atoms with Crippen LogP contribution in [0, 0.1) is 11.7 Å². The van der Waals surface area contributed by atoms with E-state index in [1.807, 2.05) is 38.6 Å².